The molecule has 5 nitrogen and oxygen atoms in total. The molecule has 0 aliphatic heterocycles. The highest BCUT2D eigenvalue weighted by Crippen LogP contribution is 2.43. The molecule has 0 heterocycles. The molecule has 0 aromatic rings. The van der Waals surface area contributed by atoms with Crippen LogP contribution >= 0.6 is 0 Å². The number of urea groups is 1. The quantitative estimate of drug-likeness (QED) is 0.673. The van der Waals surface area contributed by atoms with E-state index < -0.39 is 0 Å². The lowest BCUT2D eigenvalue weighted by atomic mass is 9.67. The lowest BCUT2D eigenvalue weighted by molar-refractivity contribution is 0.0704. The second-order valence-electron chi connectivity index (χ2n) is 7.18. The normalized spacial score (nSPS) is 30.7. The maximum Gasteiger partial charge on any atom is 0.315 e. The Balaban J connectivity index is 1.77. The van der Waals surface area contributed by atoms with E-state index in [1.165, 1.54) is 19.3 Å². The van der Waals surface area contributed by atoms with Crippen molar-refractivity contribution >= 4 is 6.03 Å². The van der Waals surface area contributed by atoms with E-state index in [2.05, 4.69) is 17.6 Å². The fourth-order valence-electron chi connectivity index (χ4n) is 3.66. The lowest BCUT2D eigenvalue weighted by Gasteiger charge is -2.42. The molecule has 5 heteroatoms. The minimum atomic E-state index is -0.165. The summed E-state index contributed by atoms with van der Waals surface area (Å²) in [6.07, 6.45) is 7.62. The summed E-state index contributed by atoms with van der Waals surface area (Å²) in [6.45, 7) is 3.67. The van der Waals surface area contributed by atoms with Crippen LogP contribution in [0.5, 0.6) is 0 Å². The molecular weight excluding hydrogens is 268 g/mol. The third-order valence-corrected chi connectivity index (χ3v) is 5.62. The zero-order valence-corrected chi connectivity index (χ0v) is 13.4. The molecule has 2 aliphatic rings. The van der Waals surface area contributed by atoms with E-state index in [0.29, 0.717) is 0 Å². The van der Waals surface area contributed by atoms with Gasteiger partial charge in [-0.1, -0.05) is 19.8 Å². The van der Waals surface area contributed by atoms with Crippen LogP contribution < -0.4 is 10.6 Å². The van der Waals surface area contributed by atoms with Crippen molar-refractivity contribution in [3.8, 4) is 0 Å². The van der Waals surface area contributed by atoms with E-state index in [1.54, 1.807) is 7.11 Å². The van der Waals surface area contributed by atoms with Gasteiger partial charge in [-0.05, 0) is 37.5 Å². The first-order chi connectivity index (χ1) is 10.0. The molecule has 2 amide bonds. The molecule has 0 aromatic heterocycles. The molecule has 2 atom stereocenters. The summed E-state index contributed by atoms with van der Waals surface area (Å²) < 4.78 is 5.17. The first-order valence-corrected chi connectivity index (χ1v) is 8.18. The maximum absolute atomic E-state index is 12.1. The Labute approximate surface area is 127 Å². The van der Waals surface area contributed by atoms with E-state index in [1.807, 2.05) is 0 Å². The standard InChI is InChI=1S/C16H30N2O3/c1-15(12-19)6-3-5-13(15)18-14(20)17-11-16(7-4-8-16)9-10-21-2/h13,19H,3-12H2,1-2H3,(H2,17,18,20). The number of carbonyl (C=O) groups is 1. The molecule has 2 saturated carbocycles. The molecular formula is C16H30N2O3. The molecule has 2 rings (SSSR count). The van der Waals surface area contributed by atoms with Gasteiger partial charge in [-0.15, -0.1) is 0 Å². The van der Waals surface area contributed by atoms with Crippen LogP contribution in [0.2, 0.25) is 0 Å². The van der Waals surface area contributed by atoms with Crippen LogP contribution in [0.4, 0.5) is 4.79 Å². The van der Waals surface area contributed by atoms with Gasteiger partial charge >= 0.3 is 6.03 Å². The van der Waals surface area contributed by atoms with Crippen LogP contribution in [0.3, 0.4) is 0 Å². The highest BCUT2D eigenvalue weighted by Gasteiger charge is 2.40. The van der Waals surface area contributed by atoms with Crippen molar-refractivity contribution in [2.45, 2.75) is 57.9 Å². The maximum atomic E-state index is 12.1. The van der Waals surface area contributed by atoms with E-state index in [0.717, 1.165) is 38.8 Å². The minimum Gasteiger partial charge on any atom is -0.396 e. The highest BCUT2D eigenvalue weighted by molar-refractivity contribution is 5.74. The summed E-state index contributed by atoms with van der Waals surface area (Å²) in [4.78, 5) is 12.1. The first-order valence-electron chi connectivity index (χ1n) is 8.18. The van der Waals surface area contributed by atoms with E-state index >= 15 is 0 Å². The number of aliphatic hydroxyl groups excluding tert-OH is 1. The van der Waals surface area contributed by atoms with Crippen LogP contribution in [-0.4, -0.2) is 44.0 Å². The molecule has 2 unspecified atom stereocenters. The predicted octanol–water partition coefficient (Wildman–Crippen LogP) is 2.04. The second-order valence-corrected chi connectivity index (χ2v) is 7.18. The number of aliphatic hydroxyl groups is 1. The second kappa shape index (κ2) is 6.97. The molecule has 0 bridgehead atoms. The largest absolute Gasteiger partial charge is 0.396 e. The molecule has 0 saturated heterocycles. The van der Waals surface area contributed by atoms with Crippen LogP contribution in [0.25, 0.3) is 0 Å². The zero-order chi connectivity index (χ0) is 15.3. The molecule has 2 aliphatic carbocycles. The Morgan fingerprint density at radius 1 is 1.33 bits per heavy atom. The molecule has 0 radical (unpaired) electrons. The number of nitrogens with one attached hydrogen (secondary N) is 2. The van der Waals surface area contributed by atoms with Crippen molar-refractivity contribution in [1.82, 2.24) is 10.6 Å². The first kappa shape index (κ1) is 16.6. The van der Waals surface area contributed by atoms with Gasteiger partial charge in [0, 0.05) is 31.7 Å². The van der Waals surface area contributed by atoms with Gasteiger partial charge < -0.3 is 20.5 Å². The van der Waals surface area contributed by atoms with Crippen molar-refractivity contribution in [1.29, 1.82) is 0 Å². The summed E-state index contributed by atoms with van der Waals surface area (Å²) in [6, 6.07) is -0.0101. The molecule has 122 valence electrons. The number of methoxy groups -OCH3 is 1. The molecule has 3 N–H and O–H groups in total. The Morgan fingerprint density at radius 2 is 2.10 bits per heavy atom. The average Bonchev–Trinajstić information content (AvgIpc) is 2.79. The lowest BCUT2D eigenvalue weighted by Crippen LogP contribution is -2.51. The van der Waals surface area contributed by atoms with Crippen molar-refractivity contribution < 1.29 is 14.6 Å². The van der Waals surface area contributed by atoms with Crippen LogP contribution in [0.15, 0.2) is 0 Å². The minimum absolute atomic E-state index is 0.0822. The third kappa shape index (κ3) is 3.89. The van der Waals surface area contributed by atoms with Gasteiger partial charge in [-0.25, -0.2) is 4.79 Å². The molecule has 0 spiro atoms. The van der Waals surface area contributed by atoms with Crippen molar-refractivity contribution in [2.75, 3.05) is 26.9 Å². The van der Waals surface area contributed by atoms with Gasteiger partial charge in [0.1, 0.15) is 0 Å². The van der Waals surface area contributed by atoms with E-state index in [4.69, 9.17) is 4.74 Å². The Kier molecular flexibility index (Phi) is 5.49. The third-order valence-electron chi connectivity index (χ3n) is 5.62. The molecule has 0 aromatic carbocycles. The van der Waals surface area contributed by atoms with Gasteiger partial charge in [-0.3, -0.25) is 0 Å². The summed E-state index contributed by atoms with van der Waals surface area (Å²) in [5.74, 6) is 0. The number of hydrogen-bond donors (Lipinski definition) is 3. The molecule has 21 heavy (non-hydrogen) atoms. The Hall–Kier alpha value is -0.810. The van der Waals surface area contributed by atoms with Crippen molar-refractivity contribution in [3.63, 3.8) is 0 Å². The van der Waals surface area contributed by atoms with Gasteiger partial charge in [0.05, 0.1) is 6.61 Å². The van der Waals surface area contributed by atoms with Gasteiger partial charge in [0.2, 0.25) is 0 Å². The summed E-state index contributed by atoms with van der Waals surface area (Å²) >= 11 is 0. The number of ether oxygens (including phenoxy) is 1. The van der Waals surface area contributed by atoms with Crippen molar-refractivity contribution in [3.05, 3.63) is 0 Å². The average molecular weight is 298 g/mol. The van der Waals surface area contributed by atoms with Gasteiger partial charge in [0.15, 0.2) is 0 Å². The van der Waals surface area contributed by atoms with Crippen molar-refractivity contribution in [2.24, 2.45) is 10.8 Å². The van der Waals surface area contributed by atoms with Gasteiger partial charge in [0.25, 0.3) is 0 Å². The SMILES string of the molecule is COCCC1(CNC(=O)NC2CCCC2(C)CO)CCC1. The number of rotatable bonds is 7. The number of hydrogen-bond acceptors (Lipinski definition) is 3. The Morgan fingerprint density at radius 3 is 2.67 bits per heavy atom. The summed E-state index contributed by atoms with van der Waals surface area (Å²) in [5.41, 5.74) is 0.0743. The smallest absolute Gasteiger partial charge is 0.315 e. The van der Waals surface area contributed by atoms with Gasteiger partial charge in [-0.2, -0.15) is 0 Å². The van der Waals surface area contributed by atoms with Crippen LogP contribution in [0, 0.1) is 10.8 Å². The Bertz CT molecular complexity index is 357. The topological polar surface area (TPSA) is 70.6 Å². The predicted molar refractivity (Wildman–Crippen MR) is 82.1 cm³/mol. The monoisotopic (exact) mass is 298 g/mol. The summed E-state index contributed by atoms with van der Waals surface area (Å²) in [5, 5.41) is 15.6. The highest BCUT2D eigenvalue weighted by atomic mass is 16.5. The zero-order valence-electron chi connectivity index (χ0n) is 13.4. The van der Waals surface area contributed by atoms with Crippen LogP contribution in [0.1, 0.15) is 51.9 Å². The summed E-state index contributed by atoms with van der Waals surface area (Å²) in [7, 11) is 1.72. The van der Waals surface area contributed by atoms with Crippen LogP contribution in [-0.2, 0) is 4.74 Å². The fraction of sp³-hybridized carbons (Fsp3) is 0.938. The number of amides is 2. The number of carbonyl (C=O) groups excluding carboxylic acids is 1. The molecule has 2 fully saturated rings. The fourth-order valence-corrected chi connectivity index (χ4v) is 3.66. The van der Waals surface area contributed by atoms with E-state index in [9.17, 15) is 9.90 Å². The van der Waals surface area contributed by atoms with E-state index in [-0.39, 0.29) is 29.5 Å².